The molecule has 1 aromatic rings. The molecule has 1 fully saturated rings. The molecular weight excluding hydrogens is 460 g/mol. The number of piperidine rings is 1. The van der Waals surface area contributed by atoms with E-state index in [1.807, 2.05) is 13.1 Å². The number of benzene rings is 1. The molecule has 11 heteroatoms. The fourth-order valence-corrected chi connectivity index (χ4v) is 6.22. The maximum Gasteiger partial charge on any atom is 0.352 e. The minimum absolute atomic E-state index is 0.0485. The molecule has 35 heavy (non-hydrogen) atoms. The van der Waals surface area contributed by atoms with Crippen LogP contribution in [0.25, 0.3) is 0 Å². The lowest BCUT2D eigenvalue weighted by molar-refractivity contribution is -0.176. The van der Waals surface area contributed by atoms with Gasteiger partial charge in [-0.1, -0.05) is 6.07 Å². The first-order valence-corrected chi connectivity index (χ1v) is 11.5. The Morgan fingerprint density at radius 1 is 1.31 bits per heavy atom. The van der Waals surface area contributed by atoms with Gasteiger partial charge in [0, 0.05) is 18.0 Å². The van der Waals surface area contributed by atoms with Crippen LogP contribution in [-0.4, -0.2) is 81.6 Å². The zero-order valence-corrected chi connectivity index (χ0v) is 19.4. The molecule has 2 heterocycles. The van der Waals surface area contributed by atoms with Crippen LogP contribution in [0, 0.1) is 0 Å². The number of phenols is 1. The zero-order valence-electron chi connectivity index (χ0n) is 19.4. The number of aliphatic hydroxyl groups is 1. The summed E-state index contributed by atoms with van der Waals surface area (Å²) in [6, 6.07) is 1.81. The van der Waals surface area contributed by atoms with Gasteiger partial charge in [-0.25, -0.2) is 4.79 Å². The Balaban J connectivity index is 1.43. The molecule has 5 N–H and O–H groups in total. The van der Waals surface area contributed by atoms with E-state index >= 15 is 0 Å². The van der Waals surface area contributed by atoms with Crippen LogP contribution < -0.4 is 10.5 Å². The molecule has 0 unspecified atom stereocenters. The van der Waals surface area contributed by atoms with Gasteiger partial charge in [-0.15, -0.1) is 0 Å². The fourth-order valence-electron chi connectivity index (χ4n) is 6.22. The second-order valence-corrected chi connectivity index (χ2v) is 9.81. The summed E-state index contributed by atoms with van der Waals surface area (Å²) in [5, 5.41) is 31.4. The largest absolute Gasteiger partial charge is 0.504 e. The Labute approximate surface area is 201 Å². The van der Waals surface area contributed by atoms with Crippen molar-refractivity contribution in [1.82, 2.24) is 4.90 Å². The molecule has 2 aliphatic heterocycles. The van der Waals surface area contributed by atoms with Crippen molar-refractivity contribution in [3.63, 3.8) is 0 Å². The second kappa shape index (κ2) is 7.94. The lowest BCUT2D eigenvalue weighted by Gasteiger charge is -2.61. The summed E-state index contributed by atoms with van der Waals surface area (Å²) in [6.45, 7) is 1.98. The van der Waals surface area contributed by atoms with Crippen LogP contribution in [0.15, 0.2) is 24.0 Å². The highest BCUT2D eigenvalue weighted by Crippen LogP contribution is 2.65. The number of aliphatic carboxylic acids is 1. The third-order valence-electron chi connectivity index (χ3n) is 7.89. The number of carboxylic acid groups (broad SMARTS) is 1. The van der Waals surface area contributed by atoms with Gasteiger partial charge in [0.25, 0.3) is 0 Å². The fraction of sp³-hybridized carbons (Fsp3) is 0.542. The summed E-state index contributed by atoms with van der Waals surface area (Å²) in [5.74, 6) is -2.79. The summed E-state index contributed by atoms with van der Waals surface area (Å²) < 4.78 is 16.8. The summed E-state index contributed by atoms with van der Waals surface area (Å²) in [4.78, 5) is 37.7. The normalized spacial score (nSPS) is 31.9. The summed E-state index contributed by atoms with van der Waals surface area (Å²) in [5.41, 5.74) is 5.12. The molecule has 11 nitrogen and oxygen atoms in total. The average Bonchev–Trinajstić information content (AvgIpc) is 3.15. The maximum atomic E-state index is 12.8. The molecular formula is C24H28N2O9. The van der Waals surface area contributed by atoms with E-state index < -0.39 is 53.6 Å². The van der Waals surface area contributed by atoms with E-state index in [1.54, 1.807) is 12.1 Å². The van der Waals surface area contributed by atoms with Crippen LogP contribution in [-0.2, 0) is 35.7 Å². The first kappa shape index (κ1) is 23.6. The molecule has 188 valence electrons. The maximum absolute atomic E-state index is 12.8. The third kappa shape index (κ3) is 3.25. The number of aromatic hydroxyl groups is 1. The molecule has 1 saturated heterocycles. The number of carboxylic acids is 1. The predicted octanol–water partition coefficient (Wildman–Crippen LogP) is -0.0532. The number of ether oxygens (including phenoxy) is 3. The number of esters is 2. The lowest BCUT2D eigenvalue weighted by Crippen LogP contribution is -2.74. The predicted molar refractivity (Wildman–Crippen MR) is 118 cm³/mol. The van der Waals surface area contributed by atoms with Gasteiger partial charge in [-0.2, -0.15) is 0 Å². The Kier molecular flexibility index (Phi) is 5.35. The van der Waals surface area contributed by atoms with E-state index in [0.29, 0.717) is 19.4 Å². The minimum atomic E-state index is -1.42. The standard InChI is InChI=1S/C24H28N2O9/c1-11(33-22(31)13(25)10-17(28)29)21(30)34-15-5-6-24(32)16-9-12-3-4-14(27)19-18(12)23(24,20(15)35-19)7-8-26(16)2/h3-5,11,13,16,20,27,32H,6-10,25H2,1-2H3,(H,28,29)/t11-,13-,16-,20-,23-,24+/m0/s1. The summed E-state index contributed by atoms with van der Waals surface area (Å²) in [7, 11) is 1.97. The van der Waals surface area contributed by atoms with Gasteiger partial charge in [0.1, 0.15) is 11.8 Å². The quantitative estimate of drug-likeness (QED) is 0.396. The van der Waals surface area contributed by atoms with E-state index in [-0.39, 0.29) is 29.7 Å². The van der Waals surface area contributed by atoms with Crippen molar-refractivity contribution in [1.29, 1.82) is 0 Å². The molecule has 2 bridgehead atoms. The molecule has 0 radical (unpaired) electrons. The molecule has 4 aliphatic rings. The molecule has 6 atom stereocenters. The van der Waals surface area contributed by atoms with Gasteiger partial charge >= 0.3 is 17.9 Å². The van der Waals surface area contributed by atoms with E-state index in [2.05, 4.69) is 4.90 Å². The van der Waals surface area contributed by atoms with Gasteiger partial charge in [-0.05, 0) is 51.1 Å². The third-order valence-corrected chi connectivity index (χ3v) is 7.89. The molecule has 0 aromatic heterocycles. The topological polar surface area (TPSA) is 169 Å². The number of hydrogen-bond donors (Lipinski definition) is 4. The minimum Gasteiger partial charge on any atom is -0.504 e. The molecule has 5 rings (SSSR count). The molecule has 1 aromatic carbocycles. The van der Waals surface area contributed by atoms with E-state index in [9.17, 15) is 24.6 Å². The molecule has 2 aliphatic carbocycles. The van der Waals surface area contributed by atoms with Crippen molar-refractivity contribution >= 4 is 17.9 Å². The Morgan fingerprint density at radius 2 is 2.06 bits per heavy atom. The Morgan fingerprint density at radius 3 is 2.77 bits per heavy atom. The summed E-state index contributed by atoms with van der Waals surface area (Å²) >= 11 is 0. The van der Waals surface area contributed by atoms with Crippen LogP contribution in [0.1, 0.15) is 37.3 Å². The van der Waals surface area contributed by atoms with Gasteiger partial charge in [-0.3, -0.25) is 9.59 Å². The number of nitrogens with zero attached hydrogens (tertiary/aromatic N) is 1. The van der Waals surface area contributed by atoms with E-state index in [0.717, 1.165) is 11.1 Å². The smallest absolute Gasteiger partial charge is 0.352 e. The summed E-state index contributed by atoms with van der Waals surface area (Å²) in [6.07, 6.45) is 0.0885. The van der Waals surface area contributed by atoms with Crippen molar-refractivity contribution in [2.24, 2.45) is 5.73 Å². The monoisotopic (exact) mass is 488 g/mol. The first-order valence-electron chi connectivity index (χ1n) is 11.5. The first-order chi connectivity index (χ1) is 16.5. The number of carbonyl (C=O) groups excluding carboxylic acids is 2. The van der Waals surface area contributed by atoms with Crippen molar-refractivity contribution in [2.75, 3.05) is 13.6 Å². The van der Waals surface area contributed by atoms with Gasteiger partial charge in [0.15, 0.2) is 23.7 Å². The Bertz CT molecular complexity index is 1150. The van der Waals surface area contributed by atoms with E-state index in [1.165, 1.54) is 6.92 Å². The van der Waals surface area contributed by atoms with Crippen LogP contribution in [0.2, 0.25) is 0 Å². The zero-order chi connectivity index (χ0) is 25.3. The lowest BCUT2D eigenvalue weighted by atomic mass is 9.50. The van der Waals surface area contributed by atoms with Gasteiger partial charge in [0.05, 0.1) is 17.4 Å². The number of likely N-dealkylation sites (tertiary alicyclic amines) is 1. The molecule has 0 amide bonds. The van der Waals surface area contributed by atoms with E-state index in [4.69, 9.17) is 25.1 Å². The number of carbonyl (C=O) groups is 3. The van der Waals surface area contributed by atoms with Crippen molar-refractivity contribution in [2.45, 2.75) is 67.9 Å². The van der Waals surface area contributed by atoms with Crippen LogP contribution in [0.3, 0.4) is 0 Å². The highest BCUT2D eigenvalue weighted by atomic mass is 16.6. The Hall–Kier alpha value is -3.15. The van der Waals surface area contributed by atoms with Crippen molar-refractivity contribution < 1.29 is 43.9 Å². The number of phenolic OH excluding ortho intramolecular Hbond substituents is 1. The highest BCUT2D eigenvalue weighted by Gasteiger charge is 2.72. The molecule has 0 saturated carbocycles. The van der Waals surface area contributed by atoms with Gasteiger partial charge < -0.3 is 40.2 Å². The molecule has 1 spiro atoms. The van der Waals surface area contributed by atoms with Crippen molar-refractivity contribution in [3.8, 4) is 11.5 Å². The average molecular weight is 488 g/mol. The number of hydrogen-bond acceptors (Lipinski definition) is 10. The van der Waals surface area contributed by atoms with Crippen LogP contribution in [0.4, 0.5) is 0 Å². The van der Waals surface area contributed by atoms with Gasteiger partial charge in [0.2, 0.25) is 0 Å². The highest BCUT2D eigenvalue weighted by molar-refractivity contribution is 5.85. The van der Waals surface area contributed by atoms with Crippen molar-refractivity contribution in [3.05, 3.63) is 35.1 Å². The van der Waals surface area contributed by atoms with Crippen LogP contribution in [0.5, 0.6) is 11.5 Å². The number of likely N-dealkylation sites (N-methyl/N-ethyl adjacent to an activating group) is 1. The SMILES string of the molecule is C[C@H](OC(=O)[C@@H](N)CC(=O)O)C(=O)OC1=CC[C@@]2(O)[C@@H]3Cc4ccc(O)c5c4[C@@]2(CCN3C)[C@H]1O5. The number of rotatable bonds is 6. The van der Waals surface area contributed by atoms with Crippen LogP contribution >= 0.6 is 0 Å². The number of nitrogens with two attached hydrogens (primary N) is 1. The second-order valence-electron chi connectivity index (χ2n) is 9.81.